The minimum Gasteiger partial charge on any atom is -0.497 e. The second-order valence-corrected chi connectivity index (χ2v) is 8.42. The lowest BCUT2D eigenvalue weighted by atomic mass is 10.1. The quantitative estimate of drug-likeness (QED) is 0.331. The molecule has 0 saturated carbocycles. The van der Waals surface area contributed by atoms with Crippen LogP contribution in [0.25, 0.3) is 0 Å². The minimum atomic E-state index is -0.0125. The second kappa shape index (κ2) is 11.9. The maximum Gasteiger partial charge on any atom is 0.221 e. The Labute approximate surface area is 202 Å². The number of hydrogen-bond acceptors (Lipinski definition) is 8. The number of carbonyl (C=O) groups is 1. The Kier molecular flexibility index (Phi) is 8.23. The summed E-state index contributed by atoms with van der Waals surface area (Å²) in [6, 6.07) is 17.4. The molecule has 3 heterocycles. The van der Waals surface area contributed by atoms with Gasteiger partial charge in [0.05, 0.1) is 19.9 Å². The summed E-state index contributed by atoms with van der Waals surface area (Å²) in [7, 11) is 1.65. The summed E-state index contributed by atoms with van der Waals surface area (Å²) in [6.45, 7) is 1.57. The van der Waals surface area contributed by atoms with Gasteiger partial charge in [0, 0.05) is 55.8 Å². The summed E-state index contributed by atoms with van der Waals surface area (Å²) in [5.74, 6) is 2.33. The summed E-state index contributed by atoms with van der Waals surface area (Å²) in [5, 5.41) is 3.73. The third kappa shape index (κ3) is 6.89. The minimum absolute atomic E-state index is 0.0125. The molecule has 4 rings (SSSR count). The smallest absolute Gasteiger partial charge is 0.221 e. The molecule has 0 aliphatic rings. The van der Waals surface area contributed by atoms with E-state index in [1.807, 2.05) is 59.5 Å². The van der Waals surface area contributed by atoms with Crippen molar-refractivity contribution in [3.63, 3.8) is 0 Å². The molecule has 176 valence electrons. The van der Waals surface area contributed by atoms with Gasteiger partial charge in [-0.2, -0.15) is 4.37 Å². The molecule has 0 aliphatic heterocycles. The van der Waals surface area contributed by atoms with Crippen molar-refractivity contribution in [3.8, 4) is 5.75 Å². The molecule has 1 N–H and O–H groups in total. The van der Waals surface area contributed by atoms with Gasteiger partial charge in [0.1, 0.15) is 17.3 Å². The zero-order chi connectivity index (χ0) is 23.6. The Morgan fingerprint density at radius 3 is 2.91 bits per heavy atom. The van der Waals surface area contributed by atoms with Crippen LogP contribution in [0.15, 0.2) is 71.5 Å². The van der Waals surface area contributed by atoms with Gasteiger partial charge in [-0.1, -0.05) is 18.2 Å². The first-order valence-corrected chi connectivity index (χ1v) is 11.9. The van der Waals surface area contributed by atoms with Crippen LogP contribution >= 0.6 is 11.5 Å². The predicted octanol–water partition coefficient (Wildman–Crippen LogP) is 3.88. The van der Waals surface area contributed by atoms with Crippen LogP contribution in [0.1, 0.15) is 29.3 Å². The summed E-state index contributed by atoms with van der Waals surface area (Å²) >= 11 is 1.33. The average molecular weight is 478 g/mol. The molecule has 3 aromatic heterocycles. The number of methoxy groups -OCH3 is 1. The van der Waals surface area contributed by atoms with Crippen LogP contribution in [0.2, 0.25) is 0 Å². The molecule has 0 bridgehead atoms. The van der Waals surface area contributed by atoms with Gasteiger partial charge in [-0.05, 0) is 42.0 Å². The molecule has 0 aliphatic carbocycles. The van der Waals surface area contributed by atoms with Crippen molar-refractivity contribution in [1.29, 1.82) is 0 Å². The Morgan fingerprint density at radius 1 is 1.18 bits per heavy atom. The van der Waals surface area contributed by atoms with Crippen LogP contribution in [0.3, 0.4) is 0 Å². The van der Waals surface area contributed by atoms with Gasteiger partial charge in [0.25, 0.3) is 0 Å². The summed E-state index contributed by atoms with van der Waals surface area (Å²) in [5.41, 5.74) is 2.04. The van der Waals surface area contributed by atoms with Gasteiger partial charge >= 0.3 is 0 Å². The van der Waals surface area contributed by atoms with Crippen molar-refractivity contribution in [2.45, 2.75) is 25.8 Å². The van der Waals surface area contributed by atoms with Gasteiger partial charge in [0.15, 0.2) is 0 Å². The van der Waals surface area contributed by atoms with Crippen LogP contribution in [0, 0.1) is 0 Å². The van der Waals surface area contributed by atoms with E-state index in [2.05, 4.69) is 14.7 Å². The van der Waals surface area contributed by atoms with Gasteiger partial charge in [-0.15, -0.1) is 0 Å². The van der Waals surface area contributed by atoms with Crippen molar-refractivity contribution in [1.82, 2.24) is 19.7 Å². The van der Waals surface area contributed by atoms with Crippen molar-refractivity contribution >= 4 is 22.6 Å². The van der Waals surface area contributed by atoms with E-state index in [9.17, 15) is 4.79 Å². The molecule has 0 spiro atoms. The first-order valence-electron chi connectivity index (χ1n) is 11.1. The van der Waals surface area contributed by atoms with Crippen molar-refractivity contribution in [2.24, 2.45) is 0 Å². The number of nitrogens with zero attached hydrogens (tertiary/aromatic N) is 4. The molecule has 34 heavy (non-hydrogen) atoms. The molecular weight excluding hydrogens is 450 g/mol. The zero-order valence-corrected chi connectivity index (χ0v) is 19.8. The summed E-state index contributed by atoms with van der Waals surface area (Å²) < 4.78 is 15.4. The number of carbonyl (C=O) groups excluding carboxylic acids is 1. The van der Waals surface area contributed by atoms with Crippen molar-refractivity contribution in [2.75, 3.05) is 25.1 Å². The first kappa shape index (κ1) is 23.4. The Morgan fingerprint density at radius 2 is 2.12 bits per heavy atom. The van der Waals surface area contributed by atoms with Gasteiger partial charge in [-0.3, -0.25) is 9.78 Å². The molecule has 4 aromatic rings. The van der Waals surface area contributed by atoms with E-state index in [0.29, 0.717) is 38.9 Å². The monoisotopic (exact) mass is 477 g/mol. The second-order valence-electron chi connectivity index (χ2n) is 7.69. The van der Waals surface area contributed by atoms with Crippen LogP contribution in [-0.2, 0) is 24.2 Å². The van der Waals surface area contributed by atoms with E-state index < -0.39 is 0 Å². The highest BCUT2D eigenvalue weighted by atomic mass is 32.1. The van der Waals surface area contributed by atoms with Crippen LogP contribution in [-0.4, -0.2) is 40.4 Å². The van der Waals surface area contributed by atoms with E-state index in [-0.39, 0.29) is 5.91 Å². The van der Waals surface area contributed by atoms with E-state index in [1.165, 1.54) is 11.5 Å². The van der Waals surface area contributed by atoms with Gasteiger partial charge in [0.2, 0.25) is 11.0 Å². The number of amides is 1. The maximum absolute atomic E-state index is 12.5. The molecule has 1 amide bonds. The van der Waals surface area contributed by atoms with Crippen molar-refractivity contribution in [3.05, 3.63) is 89.9 Å². The molecule has 8 nitrogen and oxygen atoms in total. The largest absolute Gasteiger partial charge is 0.497 e. The fourth-order valence-electron chi connectivity index (χ4n) is 3.44. The Balaban J connectivity index is 1.35. The van der Waals surface area contributed by atoms with Gasteiger partial charge < -0.3 is 19.4 Å². The predicted molar refractivity (Wildman–Crippen MR) is 131 cm³/mol. The SMILES string of the molecule is COc1cccc(Cc2nsc(N(CCC(=O)NCCc3ccccn3)Cc3ccco3)n2)c1. The summed E-state index contributed by atoms with van der Waals surface area (Å²) in [4.78, 5) is 23.5. The molecule has 0 fully saturated rings. The van der Waals surface area contributed by atoms with Gasteiger partial charge in [-0.25, -0.2) is 4.98 Å². The fourth-order valence-corrected chi connectivity index (χ4v) is 4.15. The topological polar surface area (TPSA) is 93.4 Å². The average Bonchev–Trinajstić information content (AvgIpc) is 3.55. The highest BCUT2D eigenvalue weighted by molar-refractivity contribution is 7.09. The number of rotatable bonds is 12. The Bertz CT molecular complexity index is 1160. The number of anilines is 1. The van der Waals surface area contributed by atoms with E-state index in [4.69, 9.17) is 14.1 Å². The zero-order valence-electron chi connectivity index (χ0n) is 19.0. The number of benzene rings is 1. The fraction of sp³-hybridized carbons (Fsp3) is 0.280. The van der Waals surface area contributed by atoms with Crippen LogP contribution < -0.4 is 15.0 Å². The van der Waals surface area contributed by atoms with E-state index in [0.717, 1.165) is 33.7 Å². The molecule has 0 atom stereocenters. The highest BCUT2D eigenvalue weighted by Gasteiger charge is 2.16. The number of furan rings is 1. The normalized spacial score (nSPS) is 10.7. The number of pyridine rings is 1. The van der Waals surface area contributed by atoms with Crippen LogP contribution in [0.4, 0.5) is 5.13 Å². The lowest BCUT2D eigenvalue weighted by molar-refractivity contribution is -0.120. The van der Waals surface area contributed by atoms with Crippen molar-refractivity contribution < 1.29 is 13.9 Å². The maximum atomic E-state index is 12.5. The van der Waals surface area contributed by atoms with E-state index in [1.54, 1.807) is 19.6 Å². The van der Waals surface area contributed by atoms with Crippen LogP contribution in [0.5, 0.6) is 5.75 Å². The number of aromatic nitrogens is 3. The lowest BCUT2D eigenvalue weighted by Crippen LogP contribution is -2.31. The molecule has 0 saturated heterocycles. The number of nitrogens with one attached hydrogen (secondary N) is 1. The third-order valence-electron chi connectivity index (χ3n) is 5.19. The lowest BCUT2D eigenvalue weighted by Gasteiger charge is -2.20. The molecule has 1 aromatic carbocycles. The summed E-state index contributed by atoms with van der Waals surface area (Å²) in [6.07, 6.45) is 5.05. The molecule has 0 unspecified atom stereocenters. The third-order valence-corrected chi connectivity index (χ3v) is 6.00. The molecule has 9 heteroatoms. The highest BCUT2D eigenvalue weighted by Crippen LogP contribution is 2.22. The Hall–Kier alpha value is -3.72. The number of ether oxygens (including phenoxy) is 1. The standard InChI is InChI=1S/C25H27N5O3S/c1-32-21-8-4-6-19(16-21)17-23-28-25(34-29-23)30(18-22-9-5-15-33-22)14-11-24(31)27-13-10-20-7-2-3-12-26-20/h2-9,12,15-16H,10-11,13-14,17-18H2,1H3,(H,27,31). The molecular formula is C25H27N5O3S. The number of hydrogen-bond donors (Lipinski definition) is 1. The first-order chi connectivity index (χ1) is 16.7. The van der Waals surface area contributed by atoms with E-state index >= 15 is 0 Å². The molecule has 0 radical (unpaired) electrons.